The summed E-state index contributed by atoms with van der Waals surface area (Å²) in [6.45, 7) is 4.05. The number of furan rings is 1. The summed E-state index contributed by atoms with van der Waals surface area (Å²) >= 11 is 0. The third-order valence-corrected chi connectivity index (χ3v) is 4.22. The van der Waals surface area contributed by atoms with Gasteiger partial charge in [0.05, 0.1) is 11.2 Å². The van der Waals surface area contributed by atoms with Gasteiger partial charge in [0.1, 0.15) is 5.76 Å². The normalized spacial score (nSPS) is 14.8. The van der Waals surface area contributed by atoms with Crippen LogP contribution in [0.15, 0.2) is 52.0 Å². The van der Waals surface area contributed by atoms with Crippen molar-refractivity contribution >= 4 is 10.0 Å². The Balaban J connectivity index is 2.04. The summed E-state index contributed by atoms with van der Waals surface area (Å²) in [5.41, 5.74) is 0.882. The van der Waals surface area contributed by atoms with Crippen LogP contribution in [0.4, 0.5) is 0 Å². The quantitative estimate of drug-likeness (QED) is 0.856. The standard InChI is InChI=1S/C15H20N2O3S/c1-11(9-14-6-4-8-20-14)17-12(2)13-5-3-7-15(10-13)21(16,18)19/h3-8,10-12,17H,9H2,1-2H3,(H2,16,18,19). The topological polar surface area (TPSA) is 85.3 Å². The van der Waals surface area contributed by atoms with Crippen LogP contribution in [-0.2, 0) is 16.4 Å². The van der Waals surface area contributed by atoms with Crippen LogP contribution >= 0.6 is 0 Å². The number of primary sulfonamides is 1. The molecular formula is C15H20N2O3S. The van der Waals surface area contributed by atoms with E-state index in [-0.39, 0.29) is 17.0 Å². The molecule has 5 nitrogen and oxygen atoms in total. The average Bonchev–Trinajstić information content (AvgIpc) is 2.90. The Labute approximate surface area is 125 Å². The number of nitrogens with two attached hydrogens (primary N) is 1. The summed E-state index contributed by atoms with van der Waals surface area (Å²) in [5, 5.41) is 8.57. The van der Waals surface area contributed by atoms with Gasteiger partial charge in [-0.1, -0.05) is 12.1 Å². The minimum absolute atomic E-state index is 0.0108. The van der Waals surface area contributed by atoms with Crippen molar-refractivity contribution in [2.45, 2.75) is 37.2 Å². The number of benzene rings is 1. The van der Waals surface area contributed by atoms with Crippen LogP contribution in [0.25, 0.3) is 0 Å². The number of hydrogen-bond donors (Lipinski definition) is 2. The van der Waals surface area contributed by atoms with Crippen LogP contribution < -0.4 is 10.5 Å². The second kappa shape index (κ2) is 6.43. The van der Waals surface area contributed by atoms with Gasteiger partial charge in [0.25, 0.3) is 0 Å². The van der Waals surface area contributed by atoms with E-state index in [1.165, 1.54) is 6.07 Å². The summed E-state index contributed by atoms with van der Waals surface area (Å²) in [5.74, 6) is 0.917. The fraction of sp³-hybridized carbons (Fsp3) is 0.333. The maximum atomic E-state index is 11.4. The van der Waals surface area contributed by atoms with Crippen LogP contribution in [0.5, 0.6) is 0 Å². The molecule has 0 fully saturated rings. The molecule has 0 aliphatic heterocycles. The van der Waals surface area contributed by atoms with Gasteiger partial charge in [-0.2, -0.15) is 0 Å². The highest BCUT2D eigenvalue weighted by molar-refractivity contribution is 7.89. The van der Waals surface area contributed by atoms with Crippen molar-refractivity contribution in [3.8, 4) is 0 Å². The van der Waals surface area contributed by atoms with Gasteiger partial charge in [-0.3, -0.25) is 0 Å². The SMILES string of the molecule is CC(Cc1ccco1)NC(C)c1cccc(S(N)(=O)=O)c1. The van der Waals surface area contributed by atoms with Crippen molar-refractivity contribution in [2.24, 2.45) is 5.14 Å². The van der Waals surface area contributed by atoms with E-state index >= 15 is 0 Å². The molecule has 0 radical (unpaired) electrons. The van der Waals surface area contributed by atoms with E-state index in [0.29, 0.717) is 0 Å². The molecule has 2 aromatic rings. The third kappa shape index (κ3) is 4.42. The molecule has 2 rings (SSSR count). The highest BCUT2D eigenvalue weighted by atomic mass is 32.2. The van der Waals surface area contributed by atoms with Gasteiger partial charge in [-0.25, -0.2) is 13.6 Å². The fourth-order valence-corrected chi connectivity index (χ4v) is 2.84. The summed E-state index contributed by atoms with van der Waals surface area (Å²) < 4.78 is 28.1. The van der Waals surface area contributed by atoms with E-state index in [9.17, 15) is 8.42 Å². The van der Waals surface area contributed by atoms with Crippen molar-refractivity contribution in [1.82, 2.24) is 5.32 Å². The first kappa shape index (κ1) is 15.8. The van der Waals surface area contributed by atoms with E-state index in [1.54, 1.807) is 18.4 Å². The van der Waals surface area contributed by atoms with Crippen LogP contribution in [0.3, 0.4) is 0 Å². The van der Waals surface area contributed by atoms with Gasteiger partial charge in [-0.05, 0) is 43.7 Å². The average molecular weight is 308 g/mol. The molecule has 21 heavy (non-hydrogen) atoms. The highest BCUT2D eigenvalue weighted by Gasteiger charge is 2.14. The molecule has 2 atom stereocenters. The molecule has 0 saturated carbocycles. The predicted molar refractivity (Wildman–Crippen MR) is 81.2 cm³/mol. The molecule has 1 aromatic heterocycles. The molecular weight excluding hydrogens is 288 g/mol. The van der Waals surface area contributed by atoms with Gasteiger partial charge >= 0.3 is 0 Å². The zero-order valence-electron chi connectivity index (χ0n) is 12.1. The molecule has 0 aliphatic carbocycles. The smallest absolute Gasteiger partial charge is 0.238 e. The highest BCUT2D eigenvalue weighted by Crippen LogP contribution is 2.18. The van der Waals surface area contributed by atoms with E-state index in [1.807, 2.05) is 25.1 Å². The molecule has 0 aliphatic rings. The van der Waals surface area contributed by atoms with Crippen molar-refractivity contribution < 1.29 is 12.8 Å². The Bertz CT molecular complexity index is 681. The lowest BCUT2D eigenvalue weighted by Gasteiger charge is -2.20. The minimum atomic E-state index is -3.67. The second-order valence-corrected chi connectivity index (χ2v) is 6.75. The fourth-order valence-electron chi connectivity index (χ4n) is 2.27. The molecule has 3 N–H and O–H groups in total. The predicted octanol–water partition coefficient (Wildman–Crippen LogP) is 2.21. The molecule has 1 aromatic carbocycles. The number of sulfonamides is 1. The first-order chi connectivity index (χ1) is 9.86. The van der Waals surface area contributed by atoms with Gasteiger partial charge in [0.2, 0.25) is 10.0 Å². The first-order valence-corrected chi connectivity index (χ1v) is 8.32. The molecule has 114 valence electrons. The lowest BCUT2D eigenvalue weighted by atomic mass is 10.1. The van der Waals surface area contributed by atoms with Gasteiger partial charge in [0, 0.05) is 18.5 Å². The largest absolute Gasteiger partial charge is 0.469 e. The molecule has 0 amide bonds. The molecule has 1 heterocycles. The Morgan fingerprint density at radius 1 is 1.24 bits per heavy atom. The van der Waals surface area contributed by atoms with E-state index in [4.69, 9.17) is 9.56 Å². The number of rotatable bonds is 6. The van der Waals surface area contributed by atoms with Crippen LogP contribution in [0.2, 0.25) is 0 Å². The van der Waals surface area contributed by atoms with Gasteiger partial charge in [0.15, 0.2) is 0 Å². The Morgan fingerprint density at radius 3 is 2.62 bits per heavy atom. The zero-order chi connectivity index (χ0) is 15.5. The Morgan fingerprint density at radius 2 is 2.00 bits per heavy atom. The minimum Gasteiger partial charge on any atom is -0.469 e. The van der Waals surface area contributed by atoms with Gasteiger partial charge < -0.3 is 9.73 Å². The molecule has 0 bridgehead atoms. The van der Waals surface area contributed by atoms with Gasteiger partial charge in [-0.15, -0.1) is 0 Å². The Hall–Kier alpha value is -1.63. The summed E-state index contributed by atoms with van der Waals surface area (Å²) in [4.78, 5) is 0.132. The molecule has 6 heteroatoms. The third-order valence-electron chi connectivity index (χ3n) is 3.31. The van der Waals surface area contributed by atoms with Crippen molar-refractivity contribution in [2.75, 3.05) is 0 Å². The maximum absolute atomic E-state index is 11.4. The van der Waals surface area contributed by atoms with Crippen LogP contribution in [0, 0.1) is 0 Å². The van der Waals surface area contributed by atoms with E-state index < -0.39 is 10.0 Å². The zero-order valence-corrected chi connectivity index (χ0v) is 12.9. The molecule has 0 spiro atoms. The van der Waals surface area contributed by atoms with E-state index in [0.717, 1.165) is 17.7 Å². The molecule has 2 unspecified atom stereocenters. The van der Waals surface area contributed by atoms with Crippen molar-refractivity contribution in [3.05, 3.63) is 54.0 Å². The summed E-state index contributed by atoms with van der Waals surface area (Å²) in [6, 6.07) is 10.7. The maximum Gasteiger partial charge on any atom is 0.238 e. The second-order valence-electron chi connectivity index (χ2n) is 5.19. The lowest BCUT2D eigenvalue weighted by Crippen LogP contribution is -2.30. The monoisotopic (exact) mass is 308 g/mol. The van der Waals surface area contributed by atoms with E-state index in [2.05, 4.69) is 12.2 Å². The number of hydrogen-bond acceptors (Lipinski definition) is 4. The first-order valence-electron chi connectivity index (χ1n) is 6.77. The van der Waals surface area contributed by atoms with Crippen molar-refractivity contribution in [1.29, 1.82) is 0 Å². The van der Waals surface area contributed by atoms with Crippen LogP contribution in [-0.4, -0.2) is 14.5 Å². The number of nitrogens with one attached hydrogen (secondary N) is 1. The summed E-state index contributed by atoms with van der Waals surface area (Å²) in [6.07, 6.45) is 2.42. The lowest BCUT2D eigenvalue weighted by molar-refractivity contribution is 0.429. The molecule has 0 saturated heterocycles. The van der Waals surface area contributed by atoms with Crippen LogP contribution in [0.1, 0.15) is 31.2 Å². The summed E-state index contributed by atoms with van der Waals surface area (Å²) in [7, 11) is -3.67. The Kier molecular flexibility index (Phi) is 4.82. The van der Waals surface area contributed by atoms with Crippen molar-refractivity contribution in [3.63, 3.8) is 0 Å².